The van der Waals surface area contributed by atoms with E-state index in [1.165, 1.54) is 48.5 Å². The van der Waals surface area contributed by atoms with Gasteiger partial charge >= 0.3 is 5.97 Å². The third-order valence-electron chi connectivity index (χ3n) is 14.8. The van der Waals surface area contributed by atoms with Gasteiger partial charge in [0.05, 0.1) is 31.1 Å². The van der Waals surface area contributed by atoms with Crippen LogP contribution in [0.5, 0.6) is 5.75 Å². The molecule has 2 heterocycles. The minimum atomic E-state index is -5.18. The van der Waals surface area contributed by atoms with E-state index in [1.807, 2.05) is 18.7 Å². The summed E-state index contributed by atoms with van der Waals surface area (Å²) < 4.78 is 183. The number of esters is 1. The zero-order chi connectivity index (χ0) is 61.6. The molecule has 0 atom stereocenters. The molecule has 9 rings (SSSR count). The van der Waals surface area contributed by atoms with Crippen LogP contribution in [0.15, 0.2) is 152 Å². The Kier molecular flexibility index (Phi) is 15.4. The molecule has 0 radical (unpaired) electrons. The zero-order valence-electron chi connectivity index (χ0n) is 44.4. The normalized spacial score (nSPS) is 16.0. The van der Waals surface area contributed by atoms with E-state index in [9.17, 15) is 89.9 Å². The first-order chi connectivity index (χ1) is 38.9. The minimum absolute atomic E-state index is 0.0346. The zero-order valence-corrected chi connectivity index (χ0v) is 48.5. The number of fused-ring (bicyclic) bond motifs is 2. The maximum Gasteiger partial charge on any atom is 0.311 e. The molecule has 0 amide bonds. The minimum Gasteiger partial charge on any atom is -0.426 e. The number of anilines is 1. The van der Waals surface area contributed by atoms with Crippen LogP contribution in [0.2, 0.25) is 0 Å². The number of unbranched alkanes of at least 4 members (excludes halogenated alkanes) is 2. The number of hydrogen-bond donors (Lipinski definition) is 5. The standard InChI is InChI=1S/C54H48N4O21S5/c1-53(2)40-26-34(80(64,65)66)14-20-42(40)55(48(53)11-7-5-8-12-49-54(3,4)41-27-35(81(67,68)69)15-21-43(41)56(49)30-31-23-32(57(60)61)25-33(24-31)58(62)63)22-10-6-9-13-50(59)79-44-28-45(82(70,71)72)37-18-19-39-47(84(76,77)78)29-46(83(73,74)75)38-17-16-36(44)51(37)52(38)39/h5,7-8,11-12,14-21,23-29H,6,9-10,13,22,30H2,1-4H3,(H4-,64,65,66,67,68,69,70,71,72,73,74,75,76,77,78)/p+1. The molecule has 5 N–H and O–H groups in total. The Hall–Kier alpha value is -7.91. The van der Waals surface area contributed by atoms with Gasteiger partial charge in [0, 0.05) is 104 Å². The summed E-state index contributed by atoms with van der Waals surface area (Å²) in [6.45, 7) is 7.38. The highest BCUT2D eigenvalue weighted by Crippen LogP contribution is 2.50. The third kappa shape index (κ3) is 11.4. The topological polar surface area (TPSA) is 391 Å². The number of ether oxygens (including phenoxy) is 1. The number of nitro groups is 2. The molecule has 0 saturated heterocycles. The van der Waals surface area contributed by atoms with E-state index in [2.05, 4.69) is 0 Å². The van der Waals surface area contributed by atoms with Gasteiger partial charge in [0.2, 0.25) is 5.69 Å². The van der Waals surface area contributed by atoms with Crippen LogP contribution in [0.25, 0.3) is 32.3 Å². The summed E-state index contributed by atoms with van der Waals surface area (Å²) in [5.41, 5.74) is 0.484. The average molecular weight is 1250 g/mol. The molecule has 25 nitrogen and oxygen atoms in total. The van der Waals surface area contributed by atoms with Crippen LogP contribution in [0, 0.1) is 20.2 Å². The van der Waals surface area contributed by atoms with Crippen molar-refractivity contribution in [1.29, 1.82) is 0 Å². The molecule has 0 aromatic heterocycles. The fourth-order valence-electron chi connectivity index (χ4n) is 11.0. The number of rotatable bonds is 19. The Morgan fingerprint density at radius 3 is 1.63 bits per heavy atom. The van der Waals surface area contributed by atoms with Crippen molar-refractivity contribution in [2.75, 3.05) is 11.4 Å². The highest BCUT2D eigenvalue weighted by molar-refractivity contribution is 7.87. The van der Waals surface area contributed by atoms with E-state index in [4.69, 9.17) is 4.74 Å². The summed E-state index contributed by atoms with van der Waals surface area (Å²) in [7, 11) is -24.8. The number of non-ortho nitro benzene ring substituents is 2. The van der Waals surface area contributed by atoms with E-state index >= 15 is 0 Å². The largest absolute Gasteiger partial charge is 0.426 e. The van der Waals surface area contributed by atoms with Crippen LogP contribution in [-0.2, 0) is 72.8 Å². The molecule has 0 unspecified atom stereocenters. The molecule has 0 saturated carbocycles. The van der Waals surface area contributed by atoms with E-state index in [0.29, 0.717) is 52.8 Å². The Morgan fingerprint density at radius 2 is 1.10 bits per heavy atom. The maximum absolute atomic E-state index is 13.6. The first-order valence-corrected chi connectivity index (χ1v) is 32.2. The molecule has 7 aromatic rings. The van der Waals surface area contributed by atoms with Gasteiger partial charge in [0.1, 0.15) is 20.4 Å². The first kappa shape index (κ1) is 60.7. The smallest absolute Gasteiger partial charge is 0.311 e. The molecule has 7 aromatic carbocycles. The lowest BCUT2D eigenvalue weighted by molar-refractivity contribution is -0.455. The van der Waals surface area contributed by atoms with Crippen molar-refractivity contribution in [3.05, 3.63) is 164 Å². The predicted octanol–water partition coefficient (Wildman–Crippen LogP) is 9.17. The second-order valence-electron chi connectivity index (χ2n) is 20.9. The second-order valence-corrected chi connectivity index (χ2v) is 27.9. The summed E-state index contributed by atoms with van der Waals surface area (Å²) >= 11 is 0. The summed E-state index contributed by atoms with van der Waals surface area (Å²) in [4.78, 5) is 34.1. The van der Waals surface area contributed by atoms with Gasteiger partial charge in [-0.2, -0.15) is 46.7 Å². The van der Waals surface area contributed by atoms with E-state index in [0.717, 1.165) is 30.3 Å². The van der Waals surface area contributed by atoms with Crippen LogP contribution in [0.3, 0.4) is 0 Å². The molecule has 0 aliphatic carbocycles. The van der Waals surface area contributed by atoms with Crippen molar-refractivity contribution in [3.8, 4) is 5.75 Å². The van der Waals surface area contributed by atoms with Crippen molar-refractivity contribution in [2.24, 2.45) is 0 Å². The van der Waals surface area contributed by atoms with Gasteiger partial charge in [-0.3, -0.25) is 47.8 Å². The van der Waals surface area contributed by atoms with E-state index in [-0.39, 0.29) is 68.7 Å². The molecule has 0 fully saturated rings. The molecular formula is C54H49N4O21S5+. The van der Waals surface area contributed by atoms with Crippen LogP contribution < -0.4 is 9.64 Å². The summed E-state index contributed by atoms with van der Waals surface area (Å²) in [6.07, 6.45) is 9.19. The average Bonchev–Trinajstić information content (AvgIpc) is 1.88. The number of allylic oxidation sites excluding steroid dienone is 6. The Bertz CT molecular complexity index is 4680. The van der Waals surface area contributed by atoms with Crippen molar-refractivity contribution in [2.45, 2.75) is 95.2 Å². The van der Waals surface area contributed by atoms with E-state index < -0.39 is 114 Å². The van der Waals surface area contributed by atoms with Crippen LogP contribution in [0.1, 0.15) is 70.1 Å². The molecule has 2 aliphatic heterocycles. The van der Waals surface area contributed by atoms with Gasteiger partial charge < -0.3 is 9.64 Å². The SMILES string of the molecule is CC1(C)C(/C=C/C=C/C=C2/N(CCCCCC(=O)Oc3cc(S(=O)(=O)O)c4ccc5c(S(=O)(=O)O)cc(S(=O)(=O)O)c6ccc3c4c65)c3ccc(S(=O)(=O)O)cc3C2(C)C)=[N+](Cc2cc([N+](=O)[O-])cc([N+](=O)[O-])c2)c2ccc(S(=O)(=O)O)cc21. The van der Waals surface area contributed by atoms with Gasteiger partial charge in [-0.25, -0.2) is 0 Å². The lowest BCUT2D eigenvalue weighted by atomic mass is 9.81. The Labute approximate surface area is 479 Å². The van der Waals surface area contributed by atoms with Crippen molar-refractivity contribution in [1.82, 2.24) is 0 Å². The summed E-state index contributed by atoms with van der Waals surface area (Å²) in [6, 6.07) is 17.3. The third-order valence-corrected chi connectivity index (χ3v) is 19.2. The maximum atomic E-state index is 13.6. The molecule has 0 spiro atoms. The van der Waals surface area contributed by atoms with Gasteiger partial charge in [-0.15, -0.1) is 0 Å². The Balaban J connectivity index is 0.986. The second kappa shape index (κ2) is 21.3. The first-order valence-electron chi connectivity index (χ1n) is 25.0. The quantitative estimate of drug-likeness (QED) is 0.00579. The van der Waals surface area contributed by atoms with Crippen LogP contribution in [-0.4, -0.2) is 97.5 Å². The molecular weight excluding hydrogens is 1200 g/mol. The fraction of sp³-hybridized carbons (Fsp3) is 0.222. The number of carbonyl (C=O) groups excluding carboxylic acids is 1. The number of benzene rings is 7. The molecule has 2 aliphatic rings. The number of nitrogens with zero attached hydrogens (tertiary/aromatic N) is 4. The van der Waals surface area contributed by atoms with E-state index in [1.54, 1.807) is 54.9 Å². The number of hydrogen-bond acceptors (Lipinski definition) is 17. The summed E-state index contributed by atoms with van der Waals surface area (Å²) in [5, 5.41) is 22.3. The molecule has 84 heavy (non-hydrogen) atoms. The molecule has 0 bridgehead atoms. The highest BCUT2D eigenvalue weighted by Gasteiger charge is 2.46. The van der Waals surface area contributed by atoms with Crippen molar-refractivity contribution in [3.63, 3.8) is 0 Å². The van der Waals surface area contributed by atoms with Crippen LogP contribution >= 0.6 is 0 Å². The molecule has 440 valence electrons. The number of carbonyl (C=O) groups is 1. The van der Waals surface area contributed by atoms with Crippen molar-refractivity contribution >= 4 is 117 Å². The van der Waals surface area contributed by atoms with Gasteiger partial charge in [-0.1, -0.05) is 56.7 Å². The number of nitro benzene ring substituents is 2. The van der Waals surface area contributed by atoms with Gasteiger partial charge in [-0.05, 0) is 80.8 Å². The van der Waals surface area contributed by atoms with Crippen molar-refractivity contribution < 1.29 is 88.8 Å². The van der Waals surface area contributed by atoms with Gasteiger partial charge in [0.25, 0.3) is 62.0 Å². The lowest BCUT2D eigenvalue weighted by Gasteiger charge is -2.27. The lowest BCUT2D eigenvalue weighted by Crippen LogP contribution is -2.27. The Morgan fingerprint density at radius 1 is 0.583 bits per heavy atom. The monoisotopic (exact) mass is 1250 g/mol. The predicted molar refractivity (Wildman–Crippen MR) is 304 cm³/mol. The van der Waals surface area contributed by atoms with Crippen LogP contribution in [0.4, 0.5) is 22.7 Å². The summed E-state index contributed by atoms with van der Waals surface area (Å²) in [5.74, 6) is -1.30. The molecule has 30 heteroatoms. The fourth-order valence-corrected chi connectivity index (χ4v) is 14.2. The highest BCUT2D eigenvalue weighted by atomic mass is 32.2. The van der Waals surface area contributed by atoms with Gasteiger partial charge in [0.15, 0.2) is 12.3 Å².